The Hall–Kier alpha value is -1.97. The van der Waals surface area contributed by atoms with Gasteiger partial charge < -0.3 is 15.2 Å². The van der Waals surface area contributed by atoms with Crippen molar-refractivity contribution in [2.24, 2.45) is 0 Å². The third kappa shape index (κ3) is 2.78. The third-order valence-corrected chi connectivity index (χ3v) is 2.91. The highest BCUT2D eigenvalue weighted by Crippen LogP contribution is 2.15. The number of aromatic nitrogens is 2. The van der Waals surface area contributed by atoms with Crippen LogP contribution in [0.2, 0.25) is 0 Å². The standard InChI is InChI=1S/C13H18N4/c1-11-15-6-7-17(11)9-8-16(2)13-5-3-4-12(14)10-13/h3-7,10H,8-9,14H2,1-2H3. The van der Waals surface area contributed by atoms with Gasteiger partial charge >= 0.3 is 0 Å². The molecule has 2 N–H and O–H groups in total. The Kier molecular flexibility index (Phi) is 3.32. The number of hydrogen-bond donors (Lipinski definition) is 1. The van der Waals surface area contributed by atoms with Gasteiger partial charge in [0, 0.05) is 43.9 Å². The van der Waals surface area contributed by atoms with Crippen LogP contribution >= 0.6 is 0 Å². The summed E-state index contributed by atoms with van der Waals surface area (Å²) >= 11 is 0. The second-order valence-corrected chi connectivity index (χ2v) is 4.18. The topological polar surface area (TPSA) is 47.1 Å². The van der Waals surface area contributed by atoms with Crippen LogP contribution in [0.5, 0.6) is 0 Å². The molecule has 0 saturated heterocycles. The highest BCUT2D eigenvalue weighted by atomic mass is 15.1. The van der Waals surface area contributed by atoms with Crippen LogP contribution in [0.25, 0.3) is 0 Å². The first-order valence-corrected chi connectivity index (χ1v) is 5.71. The Balaban J connectivity index is 1.98. The first-order chi connectivity index (χ1) is 8.16. The molecule has 17 heavy (non-hydrogen) atoms. The van der Waals surface area contributed by atoms with Crippen molar-refractivity contribution in [2.75, 3.05) is 24.2 Å². The number of imidazole rings is 1. The molecule has 0 fully saturated rings. The predicted octanol–water partition coefficient (Wildman–Crippen LogP) is 1.91. The minimum absolute atomic E-state index is 0.799. The smallest absolute Gasteiger partial charge is 0.105 e. The lowest BCUT2D eigenvalue weighted by atomic mass is 10.2. The minimum atomic E-state index is 0.799. The van der Waals surface area contributed by atoms with E-state index in [1.54, 1.807) is 0 Å². The van der Waals surface area contributed by atoms with Crippen LogP contribution < -0.4 is 10.6 Å². The number of nitrogen functional groups attached to an aromatic ring is 1. The molecule has 0 unspecified atom stereocenters. The lowest BCUT2D eigenvalue weighted by Crippen LogP contribution is -2.22. The Labute approximate surface area is 102 Å². The van der Waals surface area contributed by atoms with Gasteiger partial charge in [0.1, 0.15) is 5.82 Å². The zero-order valence-electron chi connectivity index (χ0n) is 10.3. The average Bonchev–Trinajstić information content (AvgIpc) is 2.72. The second-order valence-electron chi connectivity index (χ2n) is 4.18. The van der Waals surface area contributed by atoms with Crippen molar-refractivity contribution in [1.82, 2.24) is 9.55 Å². The van der Waals surface area contributed by atoms with Crippen molar-refractivity contribution >= 4 is 11.4 Å². The summed E-state index contributed by atoms with van der Waals surface area (Å²) in [5.74, 6) is 1.05. The highest BCUT2D eigenvalue weighted by molar-refractivity contribution is 5.55. The molecule has 2 rings (SSSR count). The number of nitrogens with two attached hydrogens (primary N) is 1. The molecule has 4 nitrogen and oxygen atoms in total. The van der Waals surface area contributed by atoms with Gasteiger partial charge in [-0.05, 0) is 25.1 Å². The summed E-state index contributed by atoms with van der Waals surface area (Å²) in [7, 11) is 2.07. The molecular weight excluding hydrogens is 212 g/mol. The van der Waals surface area contributed by atoms with E-state index in [4.69, 9.17) is 5.73 Å². The lowest BCUT2D eigenvalue weighted by molar-refractivity contribution is 0.664. The van der Waals surface area contributed by atoms with E-state index in [0.717, 1.165) is 30.3 Å². The molecule has 0 amide bonds. The van der Waals surface area contributed by atoms with E-state index >= 15 is 0 Å². The van der Waals surface area contributed by atoms with Gasteiger partial charge in [-0.3, -0.25) is 0 Å². The molecule has 0 aliphatic carbocycles. The molecule has 0 saturated carbocycles. The van der Waals surface area contributed by atoms with Crippen LogP contribution in [-0.2, 0) is 6.54 Å². The van der Waals surface area contributed by atoms with E-state index in [-0.39, 0.29) is 0 Å². The number of benzene rings is 1. The van der Waals surface area contributed by atoms with E-state index in [0.29, 0.717) is 0 Å². The van der Waals surface area contributed by atoms with Gasteiger partial charge in [0.2, 0.25) is 0 Å². The van der Waals surface area contributed by atoms with Gasteiger partial charge in [-0.2, -0.15) is 0 Å². The average molecular weight is 230 g/mol. The summed E-state index contributed by atoms with van der Waals surface area (Å²) in [6.45, 7) is 3.87. The van der Waals surface area contributed by atoms with Gasteiger partial charge in [-0.15, -0.1) is 0 Å². The Morgan fingerprint density at radius 2 is 2.24 bits per heavy atom. The van der Waals surface area contributed by atoms with Gasteiger partial charge in [0.25, 0.3) is 0 Å². The molecule has 0 spiro atoms. The first-order valence-electron chi connectivity index (χ1n) is 5.71. The summed E-state index contributed by atoms with van der Waals surface area (Å²) in [6.07, 6.45) is 3.83. The molecular formula is C13H18N4. The number of rotatable bonds is 4. The molecule has 1 heterocycles. The molecule has 0 radical (unpaired) electrons. The fourth-order valence-electron chi connectivity index (χ4n) is 1.79. The summed E-state index contributed by atoms with van der Waals surface area (Å²) in [6, 6.07) is 7.93. The minimum Gasteiger partial charge on any atom is -0.399 e. The van der Waals surface area contributed by atoms with Crippen molar-refractivity contribution in [1.29, 1.82) is 0 Å². The number of nitrogens with zero attached hydrogens (tertiary/aromatic N) is 3. The van der Waals surface area contributed by atoms with E-state index < -0.39 is 0 Å². The number of aryl methyl sites for hydroxylation is 1. The predicted molar refractivity (Wildman–Crippen MR) is 71.1 cm³/mol. The maximum Gasteiger partial charge on any atom is 0.105 e. The summed E-state index contributed by atoms with van der Waals surface area (Å²) < 4.78 is 2.14. The quantitative estimate of drug-likeness (QED) is 0.816. The Morgan fingerprint density at radius 1 is 1.41 bits per heavy atom. The van der Waals surface area contributed by atoms with E-state index in [1.165, 1.54) is 0 Å². The second kappa shape index (κ2) is 4.91. The Bertz CT molecular complexity index is 490. The summed E-state index contributed by atoms with van der Waals surface area (Å²) in [5.41, 5.74) is 7.71. The molecule has 4 heteroatoms. The molecule has 1 aromatic heterocycles. The fourth-order valence-corrected chi connectivity index (χ4v) is 1.79. The van der Waals surface area contributed by atoms with Crippen molar-refractivity contribution < 1.29 is 0 Å². The van der Waals surface area contributed by atoms with Gasteiger partial charge in [-0.25, -0.2) is 4.98 Å². The molecule has 0 aliphatic rings. The molecule has 90 valence electrons. The van der Waals surface area contributed by atoms with Gasteiger partial charge in [0.05, 0.1) is 0 Å². The zero-order valence-corrected chi connectivity index (χ0v) is 10.3. The normalized spacial score (nSPS) is 10.5. The summed E-state index contributed by atoms with van der Waals surface area (Å²) in [5, 5.41) is 0. The van der Waals surface area contributed by atoms with E-state index in [1.807, 2.05) is 37.5 Å². The number of anilines is 2. The molecule has 2 aromatic rings. The van der Waals surface area contributed by atoms with Crippen molar-refractivity contribution in [3.05, 3.63) is 42.5 Å². The van der Waals surface area contributed by atoms with Crippen LogP contribution in [0.4, 0.5) is 11.4 Å². The van der Waals surface area contributed by atoms with Crippen LogP contribution in [-0.4, -0.2) is 23.1 Å². The molecule has 0 atom stereocenters. The molecule has 1 aromatic carbocycles. The SMILES string of the molecule is Cc1nccn1CCN(C)c1cccc(N)c1. The van der Waals surface area contributed by atoms with Gasteiger partial charge in [0.15, 0.2) is 0 Å². The largest absolute Gasteiger partial charge is 0.399 e. The molecule has 0 bridgehead atoms. The van der Waals surface area contributed by atoms with Gasteiger partial charge in [-0.1, -0.05) is 6.07 Å². The maximum atomic E-state index is 5.77. The van der Waals surface area contributed by atoms with Crippen molar-refractivity contribution in [2.45, 2.75) is 13.5 Å². The zero-order chi connectivity index (χ0) is 12.3. The van der Waals surface area contributed by atoms with Crippen LogP contribution in [0.1, 0.15) is 5.82 Å². The Morgan fingerprint density at radius 3 is 2.88 bits per heavy atom. The number of likely N-dealkylation sites (N-methyl/N-ethyl adjacent to an activating group) is 1. The van der Waals surface area contributed by atoms with E-state index in [2.05, 4.69) is 27.6 Å². The summed E-state index contributed by atoms with van der Waals surface area (Å²) in [4.78, 5) is 6.40. The highest BCUT2D eigenvalue weighted by Gasteiger charge is 2.02. The molecule has 0 aliphatic heterocycles. The maximum absolute atomic E-state index is 5.77. The van der Waals surface area contributed by atoms with E-state index in [9.17, 15) is 0 Å². The van der Waals surface area contributed by atoms with Crippen LogP contribution in [0.15, 0.2) is 36.7 Å². The van der Waals surface area contributed by atoms with Crippen molar-refractivity contribution in [3.63, 3.8) is 0 Å². The monoisotopic (exact) mass is 230 g/mol. The lowest BCUT2D eigenvalue weighted by Gasteiger charge is -2.20. The third-order valence-electron chi connectivity index (χ3n) is 2.91. The van der Waals surface area contributed by atoms with Crippen LogP contribution in [0, 0.1) is 6.92 Å². The van der Waals surface area contributed by atoms with Crippen LogP contribution in [0.3, 0.4) is 0 Å². The number of hydrogen-bond acceptors (Lipinski definition) is 3. The van der Waals surface area contributed by atoms with Crippen molar-refractivity contribution in [3.8, 4) is 0 Å². The first kappa shape index (κ1) is 11.5. The fraction of sp³-hybridized carbons (Fsp3) is 0.308.